The first kappa shape index (κ1) is 14.1. The Balaban J connectivity index is 2.11. The number of rotatable bonds is 5. The Hall–Kier alpha value is -1.32. The normalized spacial score (nSPS) is 14.1. The highest BCUT2D eigenvalue weighted by Gasteiger charge is 2.18. The van der Waals surface area contributed by atoms with Crippen LogP contribution >= 0.6 is 11.8 Å². The molecule has 0 aliphatic carbocycles. The van der Waals surface area contributed by atoms with E-state index in [0.717, 1.165) is 4.90 Å². The maximum atomic E-state index is 13.2. The molecule has 0 saturated carbocycles. The van der Waals surface area contributed by atoms with Crippen molar-refractivity contribution in [1.29, 1.82) is 0 Å². The minimum absolute atomic E-state index is 0.182. The highest BCUT2D eigenvalue weighted by Crippen LogP contribution is 2.31. The Morgan fingerprint density at radius 1 is 1.05 bits per heavy atom. The molecule has 0 spiro atoms. The summed E-state index contributed by atoms with van der Waals surface area (Å²) in [4.78, 5) is 0.962. The van der Waals surface area contributed by atoms with Crippen LogP contribution in [-0.2, 0) is 0 Å². The van der Waals surface area contributed by atoms with Crippen LogP contribution in [0.2, 0.25) is 0 Å². The van der Waals surface area contributed by atoms with Gasteiger partial charge in [0.1, 0.15) is 5.82 Å². The molecule has 0 saturated heterocycles. The fourth-order valence-corrected chi connectivity index (χ4v) is 3.35. The lowest BCUT2D eigenvalue weighted by atomic mass is 10.0. The lowest BCUT2D eigenvalue weighted by molar-refractivity contribution is 0.589. The predicted octanol–water partition coefficient (Wildman–Crippen LogP) is 4.27. The SMILES string of the molecule is CNC(c1ccccc1)C(C)Sc1cccc(F)c1. The fourth-order valence-electron chi connectivity index (χ4n) is 2.16. The zero-order valence-electron chi connectivity index (χ0n) is 11.1. The molecule has 0 heterocycles. The van der Waals surface area contributed by atoms with Gasteiger partial charge < -0.3 is 5.32 Å². The van der Waals surface area contributed by atoms with Gasteiger partial charge in [-0.25, -0.2) is 4.39 Å². The van der Waals surface area contributed by atoms with Gasteiger partial charge in [-0.1, -0.05) is 43.3 Å². The van der Waals surface area contributed by atoms with E-state index in [1.807, 2.05) is 31.3 Å². The number of benzene rings is 2. The second-order valence-corrected chi connectivity index (χ2v) is 5.91. The molecule has 2 unspecified atom stereocenters. The summed E-state index contributed by atoms with van der Waals surface area (Å²) in [7, 11) is 1.96. The standard InChI is InChI=1S/C16H18FNS/c1-12(19-15-10-6-9-14(17)11-15)16(18-2)13-7-4-3-5-8-13/h3-12,16,18H,1-2H3. The van der Waals surface area contributed by atoms with Crippen LogP contribution < -0.4 is 5.32 Å². The van der Waals surface area contributed by atoms with Crippen LogP contribution in [0.15, 0.2) is 59.5 Å². The lowest BCUT2D eigenvalue weighted by Gasteiger charge is -2.23. The summed E-state index contributed by atoms with van der Waals surface area (Å²) in [5, 5.41) is 3.65. The zero-order valence-corrected chi connectivity index (χ0v) is 12.0. The average molecular weight is 275 g/mol. The van der Waals surface area contributed by atoms with Gasteiger partial charge in [-0.3, -0.25) is 0 Å². The third kappa shape index (κ3) is 3.82. The maximum Gasteiger partial charge on any atom is 0.124 e. The van der Waals surface area contributed by atoms with Gasteiger partial charge in [0.25, 0.3) is 0 Å². The molecule has 1 nitrogen and oxygen atoms in total. The lowest BCUT2D eigenvalue weighted by Crippen LogP contribution is -2.25. The van der Waals surface area contributed by atoms with Crippen molar-refractivity contribution in [3.05, 3.63) is 66.0 Å². The number of nitrogens with one attached hydrogen (secondary N) is 1. The summed E-state index contributed by atoms with van der Waals surface area (Å²) in [6.45, 7) is 2.16. The third-order valence-corrected chi connectivity index (χ3v) is 4.23. The van der Waals surface area contributed by atoms with E-state index >= 15 is 0 Å². The molecule has 2 atom stereocenters. The smallest absolute Gasteiger partial charge is 0.124 e. The van der Waals surface area contributed by atoms with Crippen molar-refractivity contribution in [3.63, 3.8) is 0 Å². The summed E-state index contributed by atoms with van der Waals surface area (Å²) in [6.07, 6.45) is 0. The summed E-state index contributed by atoms with van der Waals surface area (Å²) in [5.41, 5.74) is 1.25. The van der Waals surface area contributed by atoms with Crippen molar-refractivity contribution >= 4 is 11.8 Å². The van der Waals surface area contributed by atoms with Gasteiger partial charge in [0.2, 0.25) is 0 Å². The monoisotopic (exact) mass is 275 g/mol. The van der Waals surface area contributed by atoms with Crippen LogP contribution in [0, 0.1) is 5.82 Å². The molecule has 1 N–H and O–H groups in total. The van der Waals surface area contributed by atoms with Crippen LogP contribution in [0.5, 0.6) is 0 Å². The maximum absolute atomic E-state index is 13.2. The van der Waals surface area contributed by atoms with Crippen molar-refractivity contribution in [1.82, 2.24) is 5.32 Å². The van der Waals surface area contributed by atoms with E-state index in [1.165, 1.54) is 11.6 Å². The molecule has 0 aromatic heterocycles. The molecular weight excluding hydrogens is 257 g/mol. The average Bonchev–Trinajstić information content (AvgIpc) is 2.41. The van der Waals surface area contributed by atoms with E-state index in [4.69, 9.17) is 0 Å². The van der Waals surface area contributed by atoms with Gasteiger partial charge in [0.05, 0.1) is 0 Å². The second-order valence-electron chi connectivity index (χ2n) is 4.46. The van der Waals surface area contributed by atoms with Gasteiger partial charge in [-0.05, 0) is 30.8 Å². The fraction of sp³-hybridized carbons (Fsp3) is 0.250. The molecule has 3 heteroatoms. The largest absolute Gasteiger partial charge is 0.312 e. The van der Waals surface area contributed by atoms with Gasteiger partial charge in [-0.15, -0.1) is 11.8 Å². The van der Waals surface area contributed by atoms with Gasteiger partial charge in [0.15, 0.2) is 0 Å². The number of hydrogen-bond acceptors (Lipinski definition) is 2. The molecule has 19 heavy (non-hydrogen) atoms. The van der Waals surface area contributed by atoms with Crippen molar-refractivity contribution < 1.29 is 4.39 Å². The Labute approximate surface area is 118 Å². The molecule has 100 valence electrons. The molecule has 0 fully saturated rings. The van der Waals surface area contributed by atoms with Gasteiger partial charge in [-0.2, -0.15) is 0 Å². The summed E-state index contributed by atoms with van der Waals surface area (Å²) in [5.74, 6) is -0.182. The number of hydrogen-bond donors (Lipinski definition) is 1. The van der Waals surface area contributed by atoms with Crippen LogP contribution in [0.4, 0.5) is 4.39 Å². The molecule has 2 aromatic carbocycles. The molecule has 0 bridgehead atoms. The minimum atomic E-state index is -0.182. The molecule has 2 rings (SSSR count). The van der Waals surface area contributed by atoms with Crippen LogP contribution in [0.3, 0.4) is 0 Å². The van der Waals surface area contributed by atoms with E-state index in [1.54, 1.807) is 23.9 Å². The van der Waals surface area contributed by atoms with Crippen LogP contribution in [0.25, 0.3) is 0 Å². The van der Waals surface area contributed by atoms with Crippen molar-refractivity contribution in [2.45, 2.75) is 23.1 Å². The molecule has 0 radical (unpaired) electrons. The van der Waals surface area contributed by atoms with Gasteiger partial charge >= 0.3 is 0 Å². The first-order chi connectivity index (χ1) is 9.20. The zero-order chi connectivity index (χ0) is 13.7. The third-order valence-electron chi connectivity index (χ3n) is 3.06. The minimum Gasteiger partial charge on any atom is -0.312 e. The van der Waals surface area contributed by atoms with Gasteiger partial charge in [0, 0.05) is 16.2 Å². The highest BCUT2D eigenvalue weighted by molar-refractivity contribution is 8.00. The highest BCUT2D eigenvalue weighted by atomic mass is 32.2. The summed E-state index contributed by atoms with van der Waals surface area (Å²) in [6, 6.07) is 17.3. The molecule has 0 aliphatic rings. The summed E-state index contributed by atoms with van der Waals surface area (Å²) >= 11 is 1.68. The molecule has 0 aliphatic heterocycles. The summed E-state index contributed by atoms with van der Waals surface area (Å²) < 4.78 is 13.2. The van der Waals surface area contributed by atoms with E-state index in [-0.39, 0.29) is 11.9 Å². The van der Waals surface area contributed by atoms with E-state index in [2.05, 4.69) is 24.4 Å². The van der Waals surface area contributed by atoms with Crippen LogP contribution in [0.1, 0.15) is 18.5 Å². The Morgan fingerprint density at radius 3 is 2.42 bits per heavy atom. The van der Waals surface area contributed by atoms with E-state index in [0.29, 0.717) is 5.25 Å². The Kier molecular flexibility index (Phi) is 5.00. The van der Waals surface area contributed by atoms with E-state index in [9.17, 15) is 4.39 Å². The van der Waals surface area contributed by atoms with Crippen molar-refractivity contribution in [3.8, 4) is 0 Å². The van der Waals surface area contributed by atoms with Crippen molar-refractivity contribution in [2.75, 3.05) is 7.05 Å². The van der Waals surface area contributed by atoms with Crippen LogP contribution in [-0.4, -0.2) is 12.3 Å². The predicted molar refractivity (Wildman–Crippen MR) is 80.0 cm³/mol. The molecule has 0 amide bonds. The van der Waals surface area contributed by atoms with E-state index < -0.39 is 0 Å². The first-order valence-electron chi connectivity index (χ1n) is 6.35. The second kappa shape index (κ2) is 6.73. The molecular formula is C16H18FNS. The molecule has 2 aromatic rings. The first-order valence-corrected chi connectivity index (χ1v) is 7.23. The quantitative estimate of drug-likeness (QED) is 0.818. The Morgan fingerprint density at radius 2 is 1.79 bits per heavy atom. The Bertz CT molecular complexity index is 515. The van der Waals surface area contributed by atoms with Crippen molar-refractivity contribution in [2.24, 2.45) is 0 Å². The topological polar surface area (TPSA) is 12.0 Å². The number of halogens is 1. The number of thioether (sulfide) groups is 1.